The van der Waals surface area contributed by atoms with E-state index >= 15 is 0 Å². The molecule has 0 unspecified atom stereocenters. The van der Waals surface area contributed by atoms with Crippen LogP contribution in [-0.4, -0.2) is 28.6 Å². The molecule has 0 atom stereocenters. The Balaban J connectivity index is 2.37. The molecule has 0 saturated carbocycles. The lowest BCUT2D eigenvalue weighted by Crippen LogP contribution is -2.11. The van der Waals surface area contributed by atoms with Crippen LogP contribution in [0.1, 0.15) is 10.4 Å². The smallest absolute Gasteiger partial charge is 0.339 e. The van der Waals surface area contributed by atoms with Crippen LogP contribution in [0.3, 0.4) is 0 Å². The number of esters is 1. The van der Waals surface area contributed by atoms with Crippen LogP contribution in [0, 0.1) is 0 Å². The highest BCUT2D eigenvalue weighted by Gasteiger charge is 2.20. The highest BCUT2D eigenvalue weighted by Crippen LogP contribution is 2.31. The van der Waals surface area contributed by atoms with Crippen molar-refractivity contribution < 1.29 is 26.9 Å². The molecule has 0 aliphatic rings. The van der Waals surface area contributed by atoms with Crippen LogP contribution in [0.5, 0.6) is 11.5 Å². The van der Waals surface area contributed by atoms with Gasteiger partial charge in [0.1, 0.15) is 4.90 Å². The van der Waals surface area contributed by atoms with Crippen LogP contribution < -0.4 is 8.92 Å². The average Bonchev–Trinajstić information content (AvgIpc) is 2.54. The van der Waals surface area contributed by atoms with E-state index in [0.717, 1.165) is 0 Å². The van der Waals surface area contributed by atoms with Gasteiger partial charge in [0.2, 0.25) is 0 Å². The Morgan fingerprint density at radius 1 is 1.04 bits per heavy atom. The van der Waals surface area contributed by atoms with Gasteiger partial charge in [-0.1, -0.05) is 22.0 Å². The molecule has 2 aromatic rings. The Labute approximate surface area is 142 Å². The molecule has 0 heterocycles. The SMILES string of the molecule is COC(=O)c1ccc(OS(=O)(=O)c2cccc(Br)c2)c(OC)c1. The van der Waals surface area contributed by atoms with Crippen LogP contribution in [0.4, 0.5) is 0 Å². The second kappa shape index (κ2) is 7.01. The first-order valence-electron chi connectivity index (χ1n) is 6.34. The summed E-state index contributed by atoms with van der Waals surface area (Å²) in [6, 6.07) is 10.2. The topological polar surface area (TPSA) is 78.9 Å². The molecule has 2 rings (SSSR count). The second-order valence-electron chi connectivity index (χ2n) is 4.35. The maximum Gasteiger partial charge on any atom is 0.339 e. The number of ether oxygens (including phenoxy) is 2. The van der Waals surface area contributed by atoms with Crippen molar-refractivity contribution in [2.45, 2.75) is 4.90 Å². The summed E-state index contributed by atoms with van der Waals surface area (Å²) in [6.07, 6.45) is 0. The molecule has 0 aliphatic carbocycles. The van der Waals surface area contributed by atoms with E-state index in [9.17, 15) is 13.2 Å². The van der Waals surface area contributed by atoms with E-state index in [-0.39, 0.29) is 22.0 Å². The van der Waals surface area contributed by atoms with Gasteiger partial charge in [0, 0.05) is 4.47 Å². The predicted octanol–water partition coefficient (Wildman–Crippen LogP) is 3.01. The summed E-state index contributed by atoms with van der Waals surface area (Å²) < 4.78 is 40.0. The molecule has 0 fully saturated rings. The van der Waals surface area contributed by atoms with Crippen LogP contribution in [0.15, 0.2) is 51.8 Å². The van der Waals surface area contributed by atoms with Crippen molar-refractivity contribution in [2.75, 3.05) is 14.2 Å². The zero-order chi connectivity index (χ0) is 17.0. The van der Waals surface area contributed by atoms with Crippen LogP contribution >= 0.6 is 15.9 Å². The normalized spacial score (nSPS) is 10.9. The first-order valence-corrected chi connectivity index (χ1v) is 8.54. The molecule has 0 aliphatic heterocycles. The molecule has 0 bridgehead atoms. The third-order valence-corrected chi connectivity index (χ3v) is 4.59. The molecule has 0 aromatic heterocycles. The highest BCUT2D eigenvalue weighted by molar-refractivity contribution is 9.10. The van der Waals surface area contributed by atoms with Gasteiger partial charge in [-0.3, -0.25) is 0 Å². The highest BCUT2D eigenvalue weighted by atomic mass is 79.9. The van der Waals surface area contributed by atoms with Gasteiger partial charge in [-0.15, -0.1) is 0 Å². The number of methoxy groups -OCH3 is 2. The van der Waals surface area contributed by atoms with Crippen LogP contribution in [0.25, 0.3) is 0 Å². The zero-order valence-electron chi connectivity index (χ0n) is 12.3. The van der Waals surface area contributed by atoms with Gasteiger partial charge in [0.05, 0.1) is 19.8 Å². The van der Waals surface area contributed by atoms with E-state index in [2.05, 4.69) is 20.7 Å². The minimum atomic E-state index is -4.03. The van der Waals surface area contributed by atoms with Gasteiger partial charge in [0.15, 0.2) is 11.5 Å². The fraction of sp³-hybridized carbons (Fsp3) is 0.133. The first-order chi connectivity index (χ1) is 10.9. The standard InChI is InChI=1S/C15H13BrO6S/c1-20-14-8-10(15(17)21-2)6-7-13(14)22-23(18,19)12-5-3-4-11(16)9-12/h3-9H,1-2H3. The minimum Gasteiger partial charge on any atom is -0.493 e. The third kappa shape index (κ3) is 4.02. The summed E-state index contributed by atoms with van der Waals surface area (Å²) in [5.74, 6) is -0.490. The monoisotopic (exact) mass is 400 g/mol. The van der Waals surface area contributed by atoms with Gasteiger partial charge in [-0.05, 0) is 36.4 Å². The van der Waals surface area contributed by atoms with E-state index in [1.807, 2.05) is 0 Å². The Morgan fingerprint density at radius 2 is 1.78 bits per heavy atom. The molecule has 0 saturated heterocycles. The van der Waals surface area contributed by atoms with Crippen molar-refractivity contribution in [2.24, 2.45) is 0 Å². The Kier molecular flexibility index (Phi) is 5.27. The zero-order valence-corrected chi connectivity index (χ0v) is 14.7. The third-order valence-electron chi connectivity index (χ3n) is 2.87. The molecule has 122 valence electrons. The van der Waals surface area contributed by atoms with Gasteiger partial charge < -0.3 is 13.7 Å². The van der Waals surface area contributed by atoms with Crippen molar-refractivity contribution in [3.05, 3.63) is 52.5 Å². The van der Waals surface area contributed by atoms with Crippen molar-refractivity contribution in [3.63, 3.8) is 0 Å². The molecular weight excluding hydrogens is 388 g/mol. The number of hydrogen-bond donors (Lipinski definition) is 0. The summed E-state index contributed by atoms with van der Waals surface area (Å²) >= 11 is 3.21. The van der Waals surface area contributed by atoms with Crippen LogP contribution in [-0.2, 0) is 14.9 Å². The quantitative estimate of drug-likeness (QED) is 0.566. The van der Waals surface area contributed by atoms with Gasteiger partial charge in [-0.2, -0.15) is 8.42 Å². The molecule has 0 N–H and O–H groups in total. The average molecular weight is 401 g/mol. The number of hydrogen-bond acceptors (Lipinski definition) is 6. The van der Waals surface area contributed by atoms with Crippen molar-refractivity contribution in [1.82, 2.24) is 0 Å². The predicted molar refractivity (Wildman–Crippen MR) is 86.3 cm³/mol. The first kappa shape index (κ1) is 17.3. The largest absolute Gasteiger partial charge is 0.493 e. The molecule has 0 amide bonds. The van der Waals surface area contributed by atoms with E-state index in [0.29, 0.717) is 4.47 Å². The summed E-state index contributed by atoms with van der Waals surface area (Å²) in [6.45, 7) is 0. The van der Waals surface area contributed by atoms with Crippen LogP contribution in [0.2, 0.25) is 0 Å². The molecule has 0 spiro atoms. The summed E-state index contributed by atoms with van der Waals surface area (Å²) in [5, 5.41) is 0. The Bertz CT molecular complexity index is 832. The van der Waals surface area contributed by atoms with Gasteiger partial charge >= 0.3 is 16.1 Å². The Hall–Kier alpha value is -2.06. The van der Waals surface area contributed by atoms with E-state index in [1.165, 1.54) is 44.6 Å². The molecule has 6 nitrogen and oxygen atoms in total. The van der Waals surface area contributed by atoms with Crippen molar-refractivity contribution >= 4 is 32.0 Å². The van der Waals surface area contributed by atoms with E-state index < -0.39 is 16.1 Å². The number of carbonyl (C=O) groups is 1. The molecule has 0 radical (unpaired) electrons. The maximum absolute atomic E-state index is 12.3. The fourth-order valence-corrected chi connectivity index (χ4v) is 3.31. The number of halogens is 1. The summed E-state index contributed by atoms with van der Waals surface area (Å²) in [4.78, 5) is 11.5. The fourth-order valence-electron chi connectivity index (χ4n) is 1.77. The van der Waals surface area contributed by atoms with Crippen molar-refractivity contribution in [1.29, 1.82) is 0 Å². The molecule has 23 heavy (non-hydrogen) atoms. The lowest BCUT2D eigenvalue weighted by Gasteiger charge is -2.12. The summed E-state index contributed by atoms with van der Waals surface area (Å²) in [7, 11) is -1.44. The minimum absolute atomic E-state index is 0.00836. The number of carbonyl (C=O) groups excluding carboxylic acids is 1. The van der Waals surface area contributed by atoms with Crippen molar-refractivity contribution in [3.8, 4) is 11.5 Å². The lowest BCUT2D eigenvalue weighted by atomic mass is 10.2. The molecular formula is C15H13BrO6S. The van der Waals surface area contributed by atoms with E-state index in [1.54, 1.807) is 12.1 Å². The second-order valence-corrected chi connectivity index (χ2v) is 6.81. The van der Waals surface area contributed by atoms with Gasteiger partial charge in [-0.25, -0.2) is 4.79 Å². The number of rotatable bonds is 5. The molecule has 2 aromatic carbocycles. The lowest BCUT2D eigenvalue weighted by molar-refractivity contribution is 0.0600. The number of benzene rings is 2. The van der Waals surface area contributed by atoms with Gasteiger partial charge in [0.25, 0.3) is 0 Å². The van der Waals surface area contributed by atoms with E-state index in [4.69, 9.17) is 8.92 Å². The summed E-state index contributed by atoms with van der Waals surface area (Å²) in [5.41, 5.74) is 0.219. The maximum atomic E-state index is 12.3. The Morgan fingerprint density at radius 3 is 2.39 bits per heavy atom. The molecule has 8 heteroatoms.